The molecule has 0 amide bonds. The summed E-state index contributed by atoms with van der Waals surface area (Å²) in [6.45, 7) is 3.42. The van der Waals surface area contributed by atoms with Gasteiger partial charge in [-0.15, -0.1) is 0 Å². The fourth-order valence-corrected chi connectivity index (χ4v) is 2.02. The highest BCUT2D eigenvalue weighted by Gasteiger charge is 2.13. The molecule has 1 saturated heterocycles. The molecule has 4 nitrogen and oxygen atoms in total. The average Bonchev–Trinajstić information content (AvgIpc) is 2.88. The lowest BCUT2D eigenvalue weighted by Crippen LogP contribution is -2.05. The Labute approximate surface area is 115 Å². The van der Waals surface area contributed by atoms with Crippen LogP contribution in [-0.2, 0) is 4.74 Å². The van der Waals surface area contributed by atoms with Crippen LogP contribution >= 0.6 is 15.9 Å². The first-order valence-electron chi connectivity index (χ1n) is 5.87. The number of nitrogens with two attached hydrogens (primary N) is 1. The van der Waals surface area contributed by atoms with Crippen LogP contribution in [0.1, 0.15) is 17.8 Å². The highest BCUT2D eigenvalue weighted by molar-refractivity contribution is 9.12. The molecule has 96 valence electrons. The topological polar surface area (TPSA) is 60.5 Å². The number of ether oxygens (including phenoxy) is 1. The predicted molar refractivity (Wildman–Crippen MR) is 76.7 cm³/mol. The Bertz CT molecular complexity index is 479. The molecule has 2 rings (SSSR count). The third-order valence-electron chi connectivity index (χ3n) is 2.73. The molecule has 0 aromatic carbocycles. The molecule has 1 fully saturated rings. The van der Waals surface area contributed by atoms with Gasteiger partial charge in [0.05, 0.1) is 28.5 Å². The summed E-state index contributed by atoms with van der Waals surface area (Å²) in [5.41, 5.74) is 8.34. The van der Waals surface area contributed by atoms with Gasteiger partial charge in [-0.25, -0.2) is 0 Å². The molecule has 0 saturated carbocycles. The quantitative estimate of drug-likeness (QED) is 0.871. The molecule has 1 aromatic heterocycles. The molecule has 1 aliphatic rings. The molecular weight excluding hydrogens is 294 g/mol. The third-order valence-corrected chi connectivity index (χ3v) is 3.36. The number of nitrogens with zero attached hydrogens (tertiary/aromatic N) is 2. The summed E-state index contributed by atoms with van der Waals surface area (Å²) in [7, 11) is 0. The number of hydrogen-bond acceptors (Lipinski definition) is 4. The fraction of sp³-hybridized carbons (Fsp3) is 0.385. The molecule has 0 radical (unpaired) electrons. The van der Waals surface area contributed by atoms with Crippen LogP contribution in [0.5, 0.6) is 0 Å². The zero-order chi connectivity index (χ0) is 13.0. The fourth-order valence-electron chi connectivity index (χ4n) is 1.70. The molecule has 5 heteroatoms. The number of aryl methyl sites for hydroxylation is 1. The van der Waals surface area contributed by atoms with Crippen molar-refractivity contribution < 1.29 is 4.74 Å². The molecular formula is C13H16BrN3O. The maximum atomic E-state index is 6.04. The Morgan fingerprint density at radius 3 is 3.11 bits per heavy atom. The predicted octanol–water partition coefficient (Wildman–Crippen LogP) is 2.27. The molecule has 0 bridgehead atoms. The van der Waals surface area contributed by atoms with Crippen molar-refractivity contribution in [2.75, 3.05) is 13.2 Å². The Kier molecular flexibility index (Phi) is 4.49. The van der Waals surface area contributed by atoms with Gasteiger partial charge >= 0.3 is 0 Å². The van der Waals surface area contributed by atoms with Crippen molar-refractivity contribution >= 4 is 27.8 Å². The van der Waals surface area contributed by atoms with Crippen molar-refractivity contribution in [1.82, 2.24) is 4.98 Å². The molecule has 2 N–H and O–H groups in total. The summed E-state index contributed by atoms with van der Waals surface area (Å²) in [4.78, 5) is 8.80. The van der Waals surface area contributed by atoms with E-state index in [4.69, 9.17) is 10.5 Å². The van der Waals surface area contributed by atoms with Crippen molar-refractivity contribution in [2.24, 2.45) is 10.7 Å². The summed E-state index contributed by atoms with van der Waals surface area (Å²) in [5.74, 6) is 0. The largest absolute Gasteiger partial charge is 0.396 e. The molecule has 0 aliphatic carbocycles. The summed E-state index contributed by atoms with van der Waals surface area (Å²) in [6.07, 6.45) is 2.72. The Morgan fingerprint density at radius 1 is 1.61 bits per heavy atom. The Balaban J connectivity index is 2.13. The average molecular weight is 310 g/mol. The third kappa shape index (κ3) is 3.40. The lowest BCUT2D eigenvalue weighted by atomic mass is 10.2. The van der Waals surface area contributed by atoms with Crippen molar-refractivity contribution in [1.29, 1.82) is 0 Å². The van der Waals surface area contributed by atoms with E-state index in [0.29, 0.717) is 12.3 Å². The van der Waals surface area contributed by atoms with Crippen LogP contribution in [0.2, 0.25) is 0 Å². The van der Waals surface area contributed by atoms with E-state index in [1.54, 1.807) is 6.21 Å². The zero-order valence-corrected chi connectivity index (χ0v) is 11.9. The van der Waals surface area contributed by atoms with Crippen molar-refractivity contribution in [3.8, 4) is 0 Å². The minimum Gasteiger partial charge on any atom is -0.396 e. The normalized spacial score (nSPS) is 21.3. The van der Waals surface area contributed by atoms with E-state index >= 15 is 0 Å². The van der Waals surface area contributed by atoms with Crippen LogP contribution in [-0.4, -0.2) is 30.5 Å². The number of rotatable bonds is 3. The van der Waals surface area contributed by atoms with Crippen LogP contribution in [0.15, 0.2) is 27.7 Å². The molecule has 1 atom stereocenters. The highest BCUT2D eigenvalue weighted by atomic mass is 79.9. The number of aliphatic imine (C=N–C) groups is 1. The summed E-state index contributed by atoms with van der Waals surface area (Å²) >= 11 is 3.44. The minimum absolute atomic E-state index is 0.246. The number of allylic oxidation sites excluding steroid dienone is 1. The van der Waals surface area contributed by atoms with Gasteiger partial charge in [0.15, 0.2) is 0 Å². The zero-order valence-electron chi connectivity index (χ0n) is 10.3. The van der Waals surface area contributed by atoms with Gasteiger partial charge in [0.2, 0.25) is 0 Å². The van der Waals surface area contributed by atoms with E-state index < -0.39 is 0 Å². The maximum Gasteiger partial charge on any atom is 0.0874 e. The smallest absolute Gasteiger partial charge is 0.0874 e. The van der Waals surface area contributed by atoms with Gasteiger partial charge in [-0.05, 0) is 41.4 Å². The molecule has 1 aromatic rings. The lowest BCUT2D eigenvalue weighted by molar-refractivity contribution is 0.194. The molecule has 0 unspecified atom stereocenters. The van der Waals surface area contributed by atoms with Gasteiger partial charge in [0.25, 0.3) is 0 Å². The van der Waals surface area contributed by atoms with Gasteiger partial charge in [-0.1, -0.05) is 6.07 Å². The monoisotopic (exact) mass is 309 g/mol. The van der Waals surface area contributed by atoms with Crippen LogP contribution in [0.4, 0.5) is 0 Å². The molecule has 18 heavy (non-hydrogen) atoms. The van der Waals surface area contributed by atoms with Crippen molar-refractivity contribution in [3.63, 3.8) is 0 Å². The molecule has 1 aliphatic heterocycles. The van der Waals surface area contributed by atoms with Crippen molar-refractivity contribution in [3.05, 3.63) is 34.1 Å². The second-order valence-corrected chi connectivity index (χ2v) is 5.08. The lowest BCUT2D eigenvalue weighted by Gasteiger charge is -2.04. The first-order valence-corrected chi connectivity index (χ1v) is 6.66. The van der Waals surface area contributed by atoms with E-state index in [9.17, 15) is 0 Å². The first kappa shape index (κ1) is 13.2. The number of halogens is 1. The van der Waals surface area contributed by atoms with Crippen LogP contribution < -0.4 is 5.73 Å². The SMILES string of the molecule is Cc1cccc(C(N)=C(Br)C=N[C@@H]2CCOC2)n1. The van der Waals surface area contributed by atoms with Crippen LogP contribution in [0.3, 0.4) is 0 Å². The minimum atomic E-state index is 0.246. The van der Waals surface area contributed by atoms with E-state index in [1.165, 1.54) is 0 Å². The van der Waals surface area contributed by atoms with Gasteiger partial charge in [0.1, 0.15) is 0 Å². The first-order chi connectivity index (χ1) is 8.66. The van der Waals surface area contributed by atoms with Crippen LogP contribution in [0, 0.1) is 6.92 Å². The van der Waals surface area contributed by atoms with Gasteiger partial charge in [-0.2, -0.15) is 0 Å². The summed E-state index contributed by atoms with van der Waals surface area (Å²) < 4.78 is 6.02. The number of pyridine rings is 1. The second-order valence-electron chi connectivity index (χ2n) is 4.22. The van der Waals surface area contributed by atoms with Gasteiger partial charge in [0, 0.05) is 18.5 Å². The maximum absolute atomic E-state index is 6.04. The van der Waals surface area contributed by atoms with E-state index in [-0.39, 0.29) is 6.04 Å². The van der Waals surface area contributed by atoms with Gasteiger partial charge < -0.3 is 10.5 Å². The number of hydrogen-bond donors (Lipinski definition) is 1. The van der Waals surface area contributed by atoms with Gasteiger partial charge in [-0.3, -0.25) is 9.98 Å². The standard InChI is InChI=1S/C13H16BrN3O/c1-9-3-2-4-12(17-9)13(15)11(14)7-16-10-5-6-18-8-10/h2-4,7,10H,5-6,8,15H2,1H3/t10-/m1/s1. The van der Waals surface area contributed by atoms with Crippen molar-refractivity contribution in [2.45, 2.75) is 19.4 Å². The Hall–Kier alpha value is -1.20. The van der Waals surface area contributed by atoms with E-state index in [2.05, 4.69) is 25.9 Å². The molecule has 0 spiro atoms. The van der Waals surface area contributed by atoms with E-state index in [0.717, 1.165) is 28.9 Å². The van der Waals surface area contributed by atoms with Crippen LogP contribution in [0.25, 0.3) is 5.70 Å². The van der Waals surface area contributed by atoms with E-state index in [1.807, 2.05) is 25.1 Å². The second kappa shape index (κ2) is 6.11. The summed E-state index contributed by atoms with van der Waals surface area (Å²) in [6, 6.07) is 6.01. The number of aromatic nitrogens is 1. The highest BCUT2D eigenvalue weighted by Crippen LogP contribution is 2.16. The Morgan fingerprint density at radius 2 is 2.44 bits per heavy atom. The molecule has 2 heterocycles. The summed E-state index contributed by atoms with van der Waals surface area (Å²) in [5, 5.41) is 0.